The molecule has 1 fully saturated rings. The molecule has 2 atom stereocenters. The van der Waals surface area contributed by atoms with Crippen molar-refractivity contribution >= 4 is 28.6 Å². The van der Waals surface area contributed by atoms with Gasteiger partial charge >= 0.3 is 5.97 Å². The van der Waals surface area contributed by atoms with Crippen LogP contribution in [0.3, 0.4) is 0 Å². The zero-order valence-corrected chi connectivity index (χ0v) is 10.3. The minimum Gasteiger partial charge on any atom is -0.468 e. The second kappa shape index (κ2) is 5.25. The minimum absolute atomic E-state index is 0.246. The average molecular weight is 315 g/mol. The molecule has 0 bridgehead atoms. The number of alkyl halides is 2. The highest BCUT2D eigenvalue weighted by molar-refractivity contribution is 14.1. The van der Waals surface area contributed by atoms with Gasteiger partial charge in [-0.25, -0.2) is 4.39 Å². The van der Waals surface area contributed by atoms with E-state index in [1.165, 1.54) is 7.11 Å². The molecule has 1 aliphatic heterocycles. The van der Waals surface area contributed by atoms with Gasteiger partial charge in [0.15, 0.2) is 0 Å². The third-order valence-electron chi connectivity index (χ3n) is 2.55. The van der Waals surface area contributed by atoms with Crippen molar-refractivity contribution < 1.29 is 13.9 Å². The molecule has 0 aliphatic carbocycles. The number of nitrogens with one attached hydrogen (secondary N) is 1. The summed E-state index contributed by atoms with van der Waals surface area (Å²) in [5, 5.41) is 2.95. The number of hydrogen-bond donors (Lipinski definition) is 1. The summed E-state index contributed by atoms with van der Waals surface area (Å²) in [5.41, 5.74) is -0.765. The normalized spacial score (nSPS) is 31.8. The maximum Gasteiger partial charge on any atom is 0.326 e. The van der Waals surface area contributed by atoms with E-state index >= 15 is 0 Å². The molecule has 3 nitrogen and oxygen atoms in total. The van der Waals surface area contributed by atoms with Crippen molar-refractivity contribution in [3.05, 3.63) is 0 Å². The first-order valence-electron chi connectivity index (χ1n) is 4.68. The third-order valence-corrected chi connectivity index (χ3v) is 3.31. The summed E-state index contributed by atoms with van der Waals surface area (Å²) in [7, 11) is 1.35. The Hall–Kier alpha value is 0.0900. The number of halogens is 2. The number of ether oxygens (including phenoxy) is 1. The van der Waals surface area contributed by atoms with E-state index in [9.17, 15) is 9.18 Å². The van der Waals surface area contributed by atoms with Crippen molar-refractivity contribution in [3.63, 3.8) is 0 Å². The van der Waals surface area contributed by atoms with Crippen molar-refractivity contribution in [3.8, 4) is 0 Å². The first-order valence-corrected chi connectivity index (χ1v) is 6.20. The highest BCUT2D eigenvalue weighted by Crippen LogP contribution is 2.28. The second-order valence-corrected chi connectivity index (χ2v) is 4.63. The first-order chi connectivity index (χ1) is 6.64. The molecule has 0 aromatic rings. The average Bonchev–Trinajstić information content (AvgIpc) is 2.57. The van der Waals surface area contributed by atoms with Crippen LogP contribution in [0.4, 0.5) is 4.39 Å². The number of carbonyl (C=O) groups excluding carboxylic acids is 1. The van der Waals surface area contributed by atoms with Gasteiger partial charge in [-0.05, 0) is 17.3 Å². The molecular weight excluding hydrogens is 300 g/mol. The van der Waals surface area contributed by atoms with Crippen molar-refractivity contribution in [2.75, 3.05) is 18.1 Å². The van der Waals surface area contributed by atoms with E-state index in [-0.39, 0.29) is 18.9 Å². The van der Waals surface area contributed by atoms with Gasteiger partial charge in [0.2, 0.25) is 0 Å². The summed E-state index contributed by atoms with van der Waals surface area (Å²) in [5.74, 6) is -0.331. The molecule has 1 saturated heterocycles. The Morgan fingerprint density at radius 1 is 1.79 bits per heavy atom. The zero-order chi connectivity index (χ0) is 10.6. The monoisotopic (exact) mass is 315 g/mol. The molecule has 14 heavy (non-hydrogen) atoms. The maximum absolute atomic E-state index is 13.1. The topological polar surface area (TPSA) is 38.3 Å². The van der Waals surface area contributed by atoms with Crippen LogP contribution in [0.2, 0.25) is 0 Å². The lowest BCUT2D eigenvalue weighted by atomic mass is 9.92. The Kier molecular flexibility index (Phi) is 4.56. The highest BCUT2D eigenvalue weighted by atomic mass is 127. The lowest BCUT2D eigenvalue weighted by Crippen LogP contribution is -2.48. The van der Waals surface area contributed by atoms with Crippen molar-refractivity contribution in [2.24, 2.45) is 0 Å². The Labute approximate surface area is 96.9 Å². The van der Waals surface area contributed by atoms with Gasteiger partial charge < -0.3 is 4.74 Å². The quantitative estimate of drug-likeness (QED) is 0.485. The number of esters is 1. The summed E-state index contributed by atoms with van der Waals surface area (Å²) in [6.45, 7) is 0.260. The molecule has 82 valence electrons. The maximum atomic E-state index is 13.1. The van der Waals surface area contributed by atoms with E-state index in [1.807, 2.05) is 0 Å². The molecule has 1 aliphatic rings. The van der Waals surface area contributed by atoms with Gasteiger partial charge in [0, 0.05) is 13.0 Å². The molecule has 5 heteroatoms. The predicted octanol–water partition coefficient (Wildman–Crippen LogP) is 1.44. The second-order valence-electron chi connectivity index (χ2n) is 3.55. The number of methoxy groups -OCH3 is 1. The summed E-state index contributed by atoms with van der Waals surface area (Å²) in [6.07, 6.45) is 0.873. The molecule has 1 N–H and O–H groups in total. The summed E-state index contributed by atoms with van der Waals surface area (Å²) in [4.78, 5) is 11.5. The zero-order valence-electron chi connectivity index (χ0n) is 8.19. The summed E-state index contributed by atoms with van der Waals surface area (Å²) < 4.78 is 18.8. The van der Waals surface area contributed by atoms with E-state index in [4.69, 9.17) is 4.74 Å². The van der Waals surface area contributed by atoms with E-state index < -0.39 is 11.7 Å². The summed E-state index contributed by atoms with van der Waals surface area (Å²) in [6, 6.07) is 0. The Balaban J connectivity index is 2.65. The molecule has 0 saturated carbocycles. The number of carbonyl (C=O) groups is 1. The van der Waals surface area contributed by atoms with Crippen LogP contribution in [0.5, 0.6) is 0 Å². The van der Waals surface area contributed by atoms with Crippen LogP contribution < -0.4 is 5.32 Å². The fourth-order valence-corrected chi connectivity index (χ4v) is 2.22. The minimum atomic E-state index is -0.927. The molecular formula is C9H15FINO2. The van der Waals surface area contributed by atoms with Gasteiger partial charge in [0.05, 0.1) is 7.11 Å². The molecule has 0 aromatic heterocycles. The fourth-order valence-electron chi connectivity index (χ4n) is 1.84. The van der Waals surface area contributed by atoms with E-state index in [1.54, 1.807) is 0 Å². The molecule has 0 aromatic carbocycles. The largest absolute Gasteiger partial charge is 0.468 e. The lowest BCUT2D eigenvalue weighted by Gasteiger charge is -2.25. The fraction of sp³-hybridized carbons (Fsp3) is 0.889. The van der Waals surface area contributed by atoms with E-state index in [0.29, 0.717) is 6.42 Å². The van der Waals surface area contributed by atoms with Gasteiger partial charge in [0.25, 0.3) is 0 Å². The van der Waals surface area contributed by atoms with Gasteiger partial charge in [-0.15, -0.1) is 0 Å². The van der Waals surface area contributed by atoms with Gasteiger partial charge in [0.1, 0.15) is 11.7 Å². The van der Waals surface area contributed by atoms with Gasteiger partial charge in [-0.2, -0.15) is 0 Å². The molecule has 1 heterocycles. The van der Waals surface area contributed by atoms with Crippen molar-refractivity contribution in [1.82, 2.24) is 5.32 Å². The van der Waals surface area contributed by atoms with Gasteiger partial charge in [-0.1, -0.05) is 22.6 Å². The lowest BCUT2D eigenvalue weighted by molar-refractivity contribution is -0.148. The smallest absolute Gasteiger partial charge is 0.326 e. The van der Waals surface area contributed by atoms with Crippen LogP contribution in [0.25, 0.3) is 0 Å². The highest BCUT2D eigenvalue weighted by Gasteiger charge is 2.45. The Bertz CT molecular complexity index is 215. The van der Waals surface area contributed by atoms with Crippen molar-refractivity contribution in [1.29, 1.82) is 0 Å². The molecule has 0 unspecified atom stereocenters. The first kappa shape index (κ1) is 12.2. The van der Waals surface area contributed by atoms with Gasteiger partial charge in [-0.3, -0.25) is 10.1 Å². The molecule has 1 rings (SSSR count). The van der Waals surface area contributed by atoms with Crippen LogP contribution in [0.1, 0.15) is 19.3 Å². The van der Waals surface area contributed by atoms with Crippen LogP contribution in [-0.4, -0.2) is 35.8 Å². The SMILES string of the molecule is COC(=O)[C@@]1(CCCI)C[C@@H](F)CN1. The van der Waals surface area contributed by atoms with E-state index in [0.717, 1.165) is 10.8 Å². The summed E-state index contributed by atoms with van der Waals surface area (Å²) >= 11 is 2.25. The molecule has 0 amide bonds. The predicted molar refractivity (Wildman–Crippen MR) is 60.4 cm³/mol. The Morgan fingerprint density at radius 2 is 2.50 bits per heavy atom. The van der Waals surface area contributed by atoms with Crippen LogP contribution in [-0.2, 0) is 9.53 Å². The standard InChI is InChI=1S/C9H15FINO2/c1-14-8(13)9(3-2-4-11)5-7(10)6-12-9/h7,12H,2-6H2,1H3/t7-,9-/m1/s1. The Morgan fingerprint density at radius 3 is 2.93 bits per heavy atom. The van der Waals surface area contributed by atoms with E-state index in [2.05, 4.69) is 27.9 Å². The third kappa shape index (κ3) is 2.56. The van der Waals surface area contributed by atoms with Crippen LogP contribution in [0.15, 0.2) is 0 Å². The van der Waals surface area contributed by atoms with Crippen LogP contribution >= 0.6 is 22.6 Å². The molecule has 0 radical (unpaired) electrons. The van der Waals surface area contributed by atoms with Crippen molar-refractivity contribution in [2.45, 2.75) is 31.0 Å². The number of hydrogen-bond acceptors (Lipinski definition) is 3. The van der Waals surface area contributed by atoms with Crippen LogP contribution in [0, 0.1) is 0 Å². The molecule has 0 spiro atoms. The number of rotatable bonds is 4.